The molecule has 0 aromatic carbocycles. The first-order valence-electron chi connectivity index (χ1n) is 7.50. The molecule has 0 unspecified atom stereocenters. The Balaban J connectivity index is 2.08. The van der Waals surface area contributed by atoms with Gasteiger partial charge in [0.05, 0.1) is 11.9 Å². The summed E-state index contributed by atoms with van der Waals surface area (Å²) in [5, 5.41) is 3.55. The Bertz CT molecular complexity index is 465. The Hall–Kier alpha value is -1.16. The summed E-state index contributed by atoms with van der Waals surface area (Å²) in [6, 6.07) is 1.88. The molecule has 20 heavy (non-hydrogen) atoms. The highest BCUT2D eigenvalue weighted by molar-refractivity contribution is 7.80. The minimum Gasteiger partial charge on any atom is -0.389 e. The summed E-state index contributed by atoms with van der Waals surface area (Å²) < 4.78 is 0. The van der Waals surface area contributed by atoms with E-state index in [1.54, 1.807) is 6.20 Å². The van der Waals surface area contributed by atoms with Crippen molar-refractivity contribution in [1.82, 2.24) is 4.98 Å². The summed E-state index contributed by atoms with van der Waals surface area (Å²) in [6.07, 6.45) is 10.2. The zero-order valence-electron chi connectivity index (χ0n) is 12.5. The first kappa shape index (κ1) is 15.2. The van der Waals surface area contributed by atoms with Crippen LogP contribution >= 0.6 is 12.2 Å². The van der Waals surface area contributed by atoms with E-state index >= 15 is 0 Å². The molecule has 1 heterocycles. The molecule has 0 spiro atoms. The van der Waals surface area contributed by atoms with Gasteiger partial charge in [-0.2, -0.15) is 0 Å². The third kappa shape index (κ3) is 3.69. The van der Waals surface area contributed by atoms with Crippen molar-refractivity contribution >= 4 is 22.9 Å². The molecule has 1 saturated carbocycles. The van der Waals surface area contributed by atoms with Crippen molar-refractivity contribution in [1.29, 1.82) is 0 Å². The highest BCUT2D eigenvalue weighted by Gasteiger charge is 2.34. The minimum absolute atomic E-state index is 0.428. The number of nitrogens with zero attached hydrogens (tertiary/aromatic N) is 1. The van der Waals surface area contributed by atoms with Crippen molar-refractivity contribution in [2.45, 2.75) is 46.0 Å². The van der Waals surface area contributed by atoms with Crippen LogP contribution in [0.5, 0.6) is 0 Å². The second-order valence-corrected chi connectivity index (χ2v) is 6.88. The number of pyridine rings is 1. The lowest BCUT2D eigenvalue weighted by Crippen LogP contribution is -2.29. The SMILES string of the molecule is CC(C)CC1(CNc2cnccc2C(N)=S)CCCC1. The lowest BCUT2D eigenvalue weighted by atomic mass is 9.78. The number of hydrogen-bond acceptors (Lipinski definition) is 3. The zero-order chi connectivity index (χ0) is 14.6. The molecule has 0 amide bonds. The Morgan fingerprint density at radius 3 is 2.75 bits per heavy atom. The zero-order valence-corrected chi connectivity index (χ0v) is 13.3. The average molecular weight is 291 g/mol. The first-order valence-corrected chi connectivity index (χ1v) is 7.91. The predicted molar refractivity (Wildman–Crippen MR) is 89.0 cm³/mol. The number of anilines is 1. The number of rotatable bonds is 6. The quantitative estimate of drug-likeness (QED) is 0.784. The van der Waals surface area contributed by atoms with Gasteiger partial charge in [-0.3, -0.25) is 4.98 Å². The van der Waals surface area contributed by atoms with Crippen LogP contribution in [0.25, 0.3) is 0 Å². The minimum atomic E-state index is 0.428. The fourth-order valence-corrected chi connectivity index (χ4v) is 3.66. The van der Waals surface area contributed by atoms with Gasteiger partial charge in [-0.05, 0) is 36.7 Å². The fraction of sp³-hybridized carbons (Fsp3) is 0.625. The maximum atomic E-state index is 5.78. The molecule has 1 aliphatic rings. The number of thiocarbonyl (C=S) groups is 1. The molecule has 1 aromatic rings. The molecule has 0 aliphatic heterocycles. The number of nitrogens with two attached hydrogens (primary N) is 1. The van der Waals surface area contributed by atoms with Crippen LogP contribution in [-0.4, -0.2) is 16.5 Å². The van der Waals surface area contributed by atoms with Gasteiger partial charge < -0.3 is 11.1 Å². The van der Waals surface area contributed by atoms with Crippen LogP contribution in [0.15, 0.2) is 18.5 Å². The molecule has 1 fully saturated rings. The van der Waals surface area contributed by atoms with Crippen LogP contribution < -0.4 is 11.1 Å². The summed E-state index contributed by atoms with van der Waals surface area (Å²) in [5.74, 6) is 0.735. The van der Waals surface area contributed by atoms with Gasteiger partial charge in [0.1, 0.15) is 4.99 Å². The number of aromatic nitrogens is 1. The molecular weight excluding hydrogens is 266 g/mol. The van der Waals surface area contributed by atoms with E-state index in [-0.39, 0.29) is 0 Å². The summed E-state index contributed by atoms with van der Waals surface area (Å²) in [7, 11) is 0. The predicted octanol–water partition coefficient (Wildman–Crippen LogP) is 3.73. The third-order valence-electron chi connectivity index (χ3n) is 4.25. The van der Waals surface area contributed by atoms with Crippen LogP contribution in [0, 0.1) is 11.3 Å². The summed E-state index contributed by atoms with van der Waals surface area (Å²) in [5.41, 5.74) is 8.07. The lowest BCUT2D eigenvalue weighted by Gasteiger charge is -2.32. The largest absolute Gasteiger partial charge is 0.389 e. The van der Waals surface area contributed by atoms with E-state index in [4.69, 9.17) is 18.0 Å². The van der Waals surface area contributed by atoms with Gasteiger partial charge in [0.2, 0.25) is 0 Å². The standard InChI is InChI=1S/C16H25N3S/c1-12(2)9-16(6-3-4-7-16)11-19-14-10-18-8-5-13(14)15(17)20/h5,8,10,12,19H,3-4,6-7,9,11H2,1-2H3,(H2,17,20). The number of hydrogen-bond donors (Lipinski definition) is 2. The second-order valence-electron chi connectivity index (χ2n) is 6.44. The van der Waals surface area contributed by atoms with Gasteiger partial charge in [0.25, 0.3) is 0 Å². The molecular formula is C16H25N3S. The fourth-order valence-electron chi connectivity index (χ4n) is 3.48. The maximum Gasteiger partial charge on any atom is 0.106 e. The Kier molecular flexibility index (Phi) is 4.97. The van der Waals surface area contributed by atoms with Gasteiger partial charge in [0.15, 0.2) is 0 Å². The van der Waals surface area contributed by atoms with Crippen molar-refractivity contribution in [3.8, 4) is 0 Å². The lowest BCUT2D eigenvalue weighted by molar-refractivity contribution is 0.252. The van der Waals surface area contributed by atoms with Gasteiger partial charge >= 0.3 is 0 Å². The van der Waals surface area contributed by atoms with Crippen molar-refractivity contribution in [3.63, 3.8) is 0 Å². The van der Waals surface area contributed by atoms with Crippen molar-refractivity contribution < 1.29 is 0 Å². The molecule has 0 bridgehead atoms. The molecule has 0 radical (unpaired) electrons. The van der Waals surface area contributed by atoms with E-state index in [0.717, 1.165) is 23.7 Å². The van der Waals surface area contributed by atoms with Crippen molar-refractivity contribution in [2.75, 3.05) is 11.9 Å². The molecule has 110 valence electrons. The van der Waals surface area contributed by atoms with E-state index in [0.29, 0.717) is 10.4 Å². The van der Waals surface area contributed by atoms with Crippen LogP contribution in [0.4, 0.5) is 5.69 Å². The highest BCUT2D eigenvalue weighted by Crippen LogP contribution is 2.43. The van der Waals surface area contributed by atoms with Crippen LogP contribution in [0.2, 0.25) is 0 Å². The van der Waals surface area contributed by atoms with Crippen LogP contribution in [0.1, 0.15) is 51.5 Å². The molecule has 1 aliphatic carbocycles. The Morgan fingerprint density at radius 1 is 1.45 bits per heavy atom. The second kappa shape index (κ2) is 6.53. The first-order chi connectivity index (χ1) is 9.52. The summed E-state index contributed by atoms with van der Waals surface area (Å²) in [6.45, 7) is 5.61. The normalized spacial score (nSPS) is 17.4. The van der Waals surface area contributed by atoms with Gasteiger partial charge in [-0.25, -0.2) is 0 Å². The number of nitrogens with one attached hydrogen (secondary N) is 1. The molecule has 0 atom stereocenters. The van der Waals surface area contributed by atoms with Gasteiger partial charge in [-0.1, -0.05) is 38.9 Å². The topological polar surface area (TPSA) is 50.9 Å². The Morgan fingerprint density at radius 2 is 2.15 bits per heavy atom. The molecule has 4 heteroatoms. The average Bonchev–Trinajstić information content (AvgIpc) is 2.84. The van der Waals surface area contributed by atoms with Crippen LogP contribution in [-0.2, 0) is 0 Å². The van der Waals surface area contributed by atoms with E-state index in [1.807, 2.05) is 12.3 Å². The molecule has 1 aromatic heterocycles. The van der Waals surface area contributed by atoms with E-state index in [1.165, 1.54) is 32.1 Å². The molecule has 2 rings (SSSR count). The highest BCUT2D eigenvalue weighted by atomic mass is 32.1. The van der Waals surface area contributed by atoms with Crippen LogP contribution in [0.3, 0.4) is 0 Å². The van der Waals surface area contributed by atoms with E-state index in [9.17, 15) is 0 Å². The van der Waals surface area contributed by atoms with Crippen molar-refractivity contribution in [2.24, 2.45) is 17.1 Å². The maximum absolute atomic E-state index is 5.78. The van der Waals surface area contributed by atoms with Crippen molar-refractivity contribution in [3.05, 3.63) is 24.0 Å². The molecule has 0 saturated heterocycles. The summed E-state index contributed by atoms with van der Waals surface area (Å²) in [4.78, 5) is 4.61. The third-order valence-corrected chi connectivity index (χ3v) is 4.47. The van der Waals surface area contributed by atoms with E-state index < -0.39 is 0 Å². The van der Waals surface area contributed by atoms with E-state index in [2.05, 4.69) is 24.1 Å². The smallest absolute Gasteiger partial charge is 0.106 e. The van der Waals surface area contributed by atoms with Gasteiger partial charge in [0, 0.05) is 18.3 Å². The summed E-state index contributed by atoms with van der Waals surface area (Å²) >= 11 is 5.11. The van der Waals surface area contributed by atoms with Gasteiger partial charge in [-0.15, -0.1) is 0 Å². The Labute approximate surface area is 127 Å². The monoisotopic (exact) mass is 291 g/mol. The molecule has 3 N–H and O–H groups in total. The molecule has 3 nitrogen and oxygen atoms in total.